The fourth-order valence-corrected chi connectivity index (χ4v) is 2.65. The standard InChI is InChI=1S/C15H20N2O/c1-11-5-4-7-13(10-17)15(11)18-14-8-3-2-6-12(14)9-16/h4-5,7,12,14H,2-3,6,8-9,16H2,1H3. The maximum Gasteiger partial charge on any atom is 0.140 e. The molecule has 1 aromatic rings. The zero-order valence-corrected chi connectivity index (χ0v) is 10.9. The fraction of sp³-hybridized carbons (Fsp3) is 0.533. The van der Waals surface area contributed by atoms with Crippen LogP contribution in [0.4, 0.5) is 0 Å². The lowest BCUT2D eigenvalue weighted by Crippen LogP contribution is -2.35. The van der Waals surface area contributed by atoms with E-state index in [9.17, 15) is 0 Å². The van der Waals surface area contributed by atoms with Crippen LogP contribution in [0.2, 0.25) is 0 Å². The summed E-state index contributed by atoms with van der Waals surface area (Å²) >= 11 is 0. The Labute approximate surface area is 109 Å². The van der Waals surface area contributed by atoms with E-state index in [-0.39, 0.29) is 6.10 Å². The third-order valence-corrected chi connectivity index (χ3v) is 3.74. The van der Waals surface area contributed by atoms with Crippen LogP contribution in [0.1, 0.15) is 36.8 Å². The molecule has 2 rings (SSSR count). The molecule has 2 N–H and O–H groups in total. The fourth-order valence-electron chi connectivity index (χ4n) is 2.65. The van der Waals surface area contributed by atoms with Crippen molar-refractivity contribution < 1.29 is 4.74 Å². The van der Waals surface area contributed by atoms with Crippen LogP contribution in [0, 0.1) is 24.2 Å². The van der Waals surface area contributed by atoms with E-state index < -0.39 is 0 Å². The number of benzene rings is 1. The van der Waals surface area contributed by atoms with Crippen molar-refractivity contribution in [3.05, 3.63) is 29.3 Å². The Hall–Kier alpha value is -1.53. The van der Waals surface area contributed by atoms with Crippen LogP contribution < -0.4 is 10.5 Å². The summed E-state index contributed by atoms with van der Waals surface area (Å²) in [6.45, 7) is 2.65. The smallest absolute Gasteiger partial charge is 0.140 e. The van der Waals surface area contributed by atoms with Crippen LogP contribution in [0.5, 0.6) is 5.75 Å². The molecule has 3 nitrogen and oxygen atoms in total. The SMILES string of the molecule is Cc1cccc(C#N)c1OC1CCCCC1CN. The number of rotatable bonds is 3. The minimum Gasteiger partial charge on any atom is -0.488 e. The normalized spacial score (nSPS) is 23.4. The number of hydrogen-bond donors (Lipinski definition) is 1. The zero-order chi connectivity index (χ0) is 13.0. The Morgan fingerprint density at radius 2 is 2.17 bits per heavy atom. The summed E-state index contributed by atoms with van der Waals surface area (Å²) < 4.78 is 6.11. The van der Waals surface area contributed by atoms with Gasteiger partial charge in [0.1, 0.15) is 17.9 Å². The van der Waals surface area contributed by atoms with Gasteiger partial charge in [-0.15, -0.1) is 0 Å². The lowest BCUT2D eigenvalue weighted by atomic mass is 9.86. The quantitative estimate of drug-likeness (QED) is 0.889. The molecule has 2 unspecified atom stereocenters. The van der Waals surface area contributed by atoms with Gasteiger partial charge in [0.05, 0.1) is 5.56 Å². The van der Waals surface area contributed by atoms with Crippen LogP contribution in [0.3, 0.4) is 0 Å². The van der Waals surface area contributed by atoms with E-state index in [4.69, 9.17) is 15.7 Å². The molecule has 0 amide bonds. The third kappa shape index (κ3) is 2.65. The van der Waals surface area contributed by atoms with Gasteiger partial charge in [0.2, 0.25) is 0 Å². The van der Waals surface area contributed by atoms with Gasteiger partial charge in [-0.05, 0) is 44.4 Å². The molecular weight excluding hydrogens is 224 g/mol. The van der Waals surface area contributed by atoms with E-state index in [2.05, 4.69) is 6.07 Å². The van der Waals surface area contributed by atoms with E-state index in [1.807, 2.05) is 25.1 Å². The summed E-state index contributed by atoms with van der Waals surface area (Å²) in [6.07, 6.45) is 4.77. The van der Waals surface area contributed by atoms with Crippen molar-refractivity contribution in [1.82, 2.24) is 0 Å². The summed E-state index contributed by atoms with van der Waals surface area (Å²) in [5.41, 5.74) is 7.46. The molecule has 3 heteroatoms. The summed E-state index contributed by atoms with van der Waals surface area (Å²) in [4.78, 5) is 0. The van der Waals surface area contributed by atoms with Crippen molar-refractivity contribution in [2.24, 2.45) is 11.7 Å². The largest absolute Gasteiger partial charge is 0.488 e. The monoisotopic (exact) mass is 244 g/mol. The van der Waals surface area contributed by atoms with E-state index in [0.717, 1.165) is 24.2 Å². The number of aryl methyl sites for hydroxylation is 1. The average molecular weight is 244 g/mol. The number of para-hydroxylation sites is 1. The molecule has 0 bridgehead atoms. The van der Waals surface area contributed by atoms with Gasteiger partial charge in [-0.25, -0.2) is 0 Å². The Kier molecular flexibility index (Phi) is 4.22. The molecule has 0 aliphatic heterocycles. The second kappa shape index (κ2) is 5.88. The zero-order valence-electron chi connectivity index (χ0n) is 10.9. The summed E-state index contributed by atoms with van der Waals surface area (Å²) in [7, 11) is 0. The molecule has 1 aliphatic carbocycles. The summed E-state index contributed by atoms with van der Waals surface area (Å²) in [5, 5.41) is 9.14. The van der Waals surface area contributed by atoms with E-state index >= 15 is 0 Å². The summed E-state index contributed by atoms with van der Waals surface area (Å²) in [6, 6.07) is 7.88. The molecule has 1 saturated carbocycles. The van der Waals surface area contributed by atoms with E-state index in [1.54, 1.807) is 0 Å². The Morgan fingerprint density at radius 1 is 1.39 bits per heavy atom. The van der Waals surface area contributed by atoms with E-state index in [0.29, 0.717) is 18.0 Å². The lowest BCUT2D eigenvalue weighted by Gasteiger charge is -2.31. The predicted molar refractivity (Wildman–Crippen MR) is 71.3 cm³/mol. The molecular formula is C15H20N2O. The summed E-state index contributed by atoms with van der Waals surface area (Å²) in [5.74, 6) is 1.16. The second-order valence-electron chi connectivity index (χ2n) is 5.00. The Bertz CT molecular complexity index is 450. The lowest BCUT2D eigenvalue weighted by molar-refractivity contribution is 0.0960. The van der Waals surface area contributed by atoms with Crippen molar-refractivity contribution in [2.75, 3.05) is 6.54 Å². The van der Waals surface area contributed by atoms with Gasteiger partial charge < -0.3 is 10.5 Å². The molecule has 0 aromatic heterocycles. The minimum atomic E-state index is 0.164. The third-order valence-electron chi connectivity index (χ3n) is 3.74. The molecule has 2 atom stereocenters. The van der Waals surface area contributed by atoms with Crippen LogP contribution in [-0.2, 0) is 0 Å². The maximum atomic E-state index is 9.14. The molecule has 1 aromatic carbocycles. The highest BCUT2D eigenvalue weighted by Crippen LogP contribution is 2.31. The van der Waals surface area contributed by atoms with Gasteiger partial charge in [0, 0.05) is 5.92 Å². The van der Waals surface area contributed by atoms with Gasteiger partial charge in [-0.3, -0.25) is 0 Å². The molecule has 0 radical (unpaired) electrons. The number of hydrogen-bond acceptors (Lipinski definition) is 3. The first-order chi connectivity index (χ1) is 8.76. The molecule has 1 aliphatic rings. The highest BCUT2D eigenvalue weighted by atomic mass is 16.5. The molecule has 1 fully saturated rings. The molecule has 18 heavy (non-hydrogen) atoms. The first-order valence-corrected chi connectivity index (χ1v) is 6.62. The van der Waals surface area contributed by atoms with Crippen LogP contribution >= 0.6 is 0 Å². The van der Waals surface area contributed by atoms with Crippen LogP contribution in [-0.4, -0.2) is 12.6 Å². The molecule has 96 valence electrons. The van der Waals surface area contributed by atoms with Crippen molar-refractivity contribution >= 4 is 0 Å². The first-order valence-electron chi connectivity index (χ1n) is 6.62. The number of nitriles is 1. The number of ether oxygens (including phenoxy) is 1. The average Bonchev–Trinajstić information content (AvgIpc) is 2.41. The van der Waals surface area contributed by atoms with Gasteiger partial charge in [0.25, 0.3) is 0 Å². The first kappa shape index (κ1) is 12.9. The van der Waals surface area contributed by atoms with Gasteiger partial charge in [-0.2, -0.15) is 5.26 Å². The van der Waals surface area contributed by atoms with Crippen molar-refractivity contribution in [3.63, 3.8) is 0 Å². The van der Waals surface area contributed by atoms with Gasteiger partial charge >= 0.3 is 0 Å². The maximum absolute atomic E-state index is 9.14. The van der Waals surface area contributed by atoms with Crippen molar-refractivity contribution in [2.45, 2.75) is 38.7 Å². The van der Waals surface area contributed by atoms with Crippen LogP contribution in [0.15, 0.2) is 18.2 Å². The minimum absolute atomic E-state index is 0.164. The Morgan fingerprint density at radius 3 is 2.89 bits per heavy atom. The number of nitrogens with two attached hydrogens (primary N) is 1. The Balaban J connectivity index is 2.20. The highest BCUT2D eigenvalue weighted by molar-refractivity contribution is 5.48. The molecule has 0 heterocycles. The molecule has 0 spiro atoms. The van der Waals surface area contributed by atoms with Crippen LogP contribution in [0.25, 0.3) is 0 Å². The van der Waals surface area contributed by atoms with Gasteiger partial charge in [0.15, 0.2) is 0 Å². The molecule has 0 saturated heterocycles. The predicted octanol–water partition coefficient (Wildman–Crippen LogP) is 2.76. The van der Waals surface area contributed by atoms with E-state index in [1.165, 1.54) is 12.8 Å². The van der Waals surface area contributed by atoms with Gasteiger partial charge in [-0.1, -0.05) is 18.6 Å². The van der Waals surface area contributed by atoms with Crippen molar-refractivity contribution in [3.8, 4) is 11.8 Å². The van der Waals surface area contributed by atoms with Crippen molar-refractivity contribution in [1.29, 1.82) is 5.26 Å². The topological polar surface area (TPSA) is 59.0 Å². The highest BCUT2D eigenvalue weighted by Gasteiger charge is 2.26. The number of nitrogens with zero attached hydrogens (tertiary/aromatic N) is 1. The second-order valence-corrected chi connectivity index (χ2v) is 5.00.